The van der Waals surface area contributed by atoms with E-state index in [1.165, 1.54) is 11.3 Å². The van der Waals surface area contributed by atoms with Crippen LogP contribution in [0.15, 0.2) is 86.7 Å². The third kappa shape index (κ3) is 6.77. The molecule has 0 saturated heterocycles. The van der Waals surface area contributed by atoms with Crippen molar-refractivity contribution in [2.24, 2.45) is 10.2 Å². The SMILES string of the molecule is Cc1ccc2nc(-c3ccc(N=Nc4c(S(=O)(=O)O)cc5cc(S(=O)(=O)[O-])ccc5c4[O-])cc3)sc2c1.[Na+].[Na+]. The zero-order valence-corrected chi connectivity index (χ0v) is 27.3. The molecule has 0 radical (unpaired) electrons. The van der Waals surface area contributed by atoms with E-state index in [1.54, 1.807) is 24.3 Å². The molecule has 0 aliphatic heterocycles. The fourth-order valence-corrected chi connectivity index (χ4v) is 5.93. The molecule has 10 nitrogen and oxygen atoms in total. The summed E-state index contributed by atoms with van der Waals surface area (Å²) in [5.41, 5.74) is 2.49. The maximum Gasteiger partial charge on any atom is 1.00 e. The van der Waals surface area contributed by atoms with Crippen molar-refractivity contribution in [3.63, 3.8) is 0 Å². The minimum atomic E-state index is -4.95. The molecule has 15 heteroatoms. The van der Waals surface area contributed by atoms with E-state index in [-0.39, 0.29) is 69.9 Å². The zero-order valence-electron chi connectivity index (χ0n) is 20.8. The Morgan fingerprint density at radius 2 is 1.59 bits per heavy atom. The predicted octanol–water partition coefficient (Wildman–Crippen LogP) is -0.927. The van der Waals surface area contributed by atoms with Crippen LogP contribution in [0.1, 0.15) is 5.56 Å². The van der Waals surface area contributed by atoms with E-state index in [1.807, 2.05) is 19.1 Å². The Labute approximate surface area is 271 Å². The van der Waals surface area contributed by atoms with Crippen LogP contribution in [0.5, 0.6) is 5.75 Å². The second kappa shape index (κ2) is 12.0. The summed E-state index contributed by atoms with van der Waals surface area (Å²) >= 11 is 1.53. The molecule has 0 unspecified atom stereocenters. The number of rotatable bonds is 5. The summed E-state index contributed by atoms with van der Waals surface area (Å²) in [4.78, 5) is 3.10. The molecule has 1 aromatic heterocycles. The number of benzene rings is 4. The number of thiazole rings is 1. The van der Waals surface area contributed by atoms with Gasteiger partial charge in [0.1, 0.15) is 20.0 Å². The smallest absolute Gasteiger partial charge is 0.871 e. The fraction of sp³-hybridized carbons (Fsp3) is 0.0417. The van der Waals surface area contributed by atoms with Gasteiger partial charge in [0.05, 0.1) is 26.5 Å². The molecule has 5 rings (SSSR count). The molecular weight excluding hydrogens is 584 g/mol. The topological polar surface area (TPSA) is 172 Å². The van der Waals surface area contributed by atoms with Gasteiger partial charge in [-0.25, -0.2) is 13.4 Å². The zero-order chi connectivity index (χ0) is 26.5. The van der Waals surface area contributed by atoms with Crippen molar-refractivity contribution in [1.29, 1.82) is 0 Å². The Morgan fingerprint density at radius 1 is 0.897 bits per heavy atom. The molecule has 5 aromatic rings. The van der Waals surface area contributed by atoms with Gasteiger partial charge in [0.25, 0.3) is 10.1 Å². The van der Waals surface area contributed by atoms with Gasteiger partial charge < -0.3 is 9.66 Å². The van der Waals surface area contributed by atoms with Crippen LogP contribution in [0, 0.1) is 6.92 Å². The number of hydrogen-bond donors (Lipinski definition) is 1. The van der Waals surface area contributed by atoms with Crippen LogP contribution in [-0.4, -0.2) is 30.9 Å². The Hall–Kier alpha value is -1.75. The van der Waals surface area contributed by atoms with Gasteiger partial charge in [-0.2, -0.15) is 13.5 Å². The monoisotopic (exact) mass is 599 g/mol. The van der Waals surface area contributed by atoms with Gasteiger partial charge in [-0.15, -0.1) is 16.5 Å². The molecule has 0 saturated carbocycles. The molecular formula is C24H15N3Na2O7S3. The van der Waals surface area contributed by atoms with Gasteiger partial charge in [0.2, 0.25) is 0 Å². The number of hydrogen-bond acceptors (Lipinski definition) is 10. The van der Waals surface area contributed by atoms with Gasteiger partial charge in [-0.05, 0) is 77.9 Å². The first-order valence-corrected chi connectivity index (χ1v) is 14.2. The summed E-state index contributed by atoms with van der Waals surface area (Å²) in [5, 5.41) is 21.2. The average molecular weight is 600 g/mol. The van der Waals surface area contributed by atoms with Crippen LogP contribution in [0.25, 0.3) is 31.6 Å². The van der Waals surface area contributed by atoms with Crippen molar-refractivity contribution in [1.82, 2.24) is 4.98 Å². The van der Waals surface area contributed by atoms with Crippen molar-refractivity contribution < 1.29 is 90.2 Å². The van der Waals surface area contributed by atoms with Gasteiger partial charge in [0.15, 0.2) is 0 Å². The Kier molecular flexibility index (Phi) is 9.78. The van der Waals surface area contributed by atoms with Crippen LogP contribution in [0.4, 0.5) is 11.4 Å². The van der Waals surface area contributed by atoms with Gasteiger partial charge >= 0.3 is 59.1 Å². The van der Waals surface area contributed by atoms with Crippen LogP contribution in [0.2, 0.25) is 0 Å². The van der Waals surface area contributed by atoms with Crippen LogP contribution in [-0.2, 0) is 20.2 Å². The van der Waals surface area contributed by atoms with Crippen molar-refractivity contribution in [3.05, 3.63) is 72.3 Å². The molecule has 0 aliphatic carbocycles. The normalized spacial score (nSPS) is 12.0. The number of aromatic nitrogens is 1. The third-order valence-electron chi connectivity index (χ3n) is 5.49. The van der Waals surface area contributed by atoms with E-state index in [0.29, 0.717) is 5.69 Å². The van der Waals surface area contributed by atoms with E-state index < -0.39 is 41.5 Å². The summed E-state index contributed by atoms with van der Waals surface area (Å²) in [7, 11) is -9.80. The van der Waals surface area contributed by atoms with Crippen molar-refractivity contribution in [3.8, 4) is 16.3 Å². The van der Waals surface area contributed by atoms with E-state index >= 15 is 0 Å². The molecule has 1 heterocycles. The molecule has 0 amide bonds. The molecule has 0 atom stereocenters. The standard InChI is InChI=1S/C24H17N3O7S3.2Na/c1-13-2-9-19-20(10-13)35-24(25-19)14-3-5-16(6-4-14)26-27-22-21(37(32,33)34)12-15-11-17(36(29,30)31)7-8-18(15)23(22)28;;/h2-12,28H,1H3,(H,29,30,31)(H,32,33,34);;/q;2*+1/p-2. The largest absolute Gasteiger partial charge is 1.00 e. The maximum absolute atomic E-state index is 13.0. The quantitative estimate of drug-likeness (QED) is 0.153. The molecule has 0 aliphatic rings. The minimum absolute atomic E-state index is 0. The van der Waals surface area contributed by atoms with E-state index in [0.717, 1.165) is 50.6 Å². The maximum atomic E-state index is 13.0. The van der Waals surface area contributed by atoms with E-state index in [9.17, 15) is 31.0 Å². The van der Waals surface area contributed by atoms with Gasteiger partial charge in [-0.1, -0.05) is 17.9 Å². The Morgan fingerprint density at radius 3 is 2.23 bits per heavy atom. The molecule has 1 N–H and O–H groups in total. The summed E-state index contributed by atoms with van der Waals surface area (Å²) in [6.45, 7) is 2.00. The summed E-state index contributed by atoms with van der Waals surface area (Å²) < 4.78 is 68.6. The molecule has 0 bridgehead atoms. The van der Waals surface area contributed by atoms with Crippen molar-refractivity contribution in [2.75, 3.05) is 0 Å². The number of aryl methyl sites for hydroxylation is 1. The van der Waals surface area contributed by atoms with Crippen LogP contribution >= 0.6 is 11.3 Å². The number of azo groups is 1. The van der Waals surface area contributed by atoms with E-state index in [4.69, 9.17) is 0 Å². The third-order valence-corrected chi connectivity index (χ3v) is 8.26. The molecule has 0 spiro atoms. The molecule has 188 valence electrons. The molecule has 4 aromatic carbocycles. The first-order valence-electron chi connectivity index (χ1n) is 10.5. The van der Waals surface area contributed by atoms with Gasteiger partial charge in [0, 0.05) is 5.56 Å². The van der Waals surface area contributed by atoms with Gasteiger partial charge in [-0.3, -0.25) is 4.55 Å². The first-order chi connectivity index (χ1) is 17.4. The summed E-state index contributed by atoms with van der Waals surface area (Å²) in [6, 6.07) is 16.5. The van der Waals surface area contributed by atoms with Crippen LogP contribution in [0.3, 0.4) is 0 Å². The second-order valence-electron chi connectivity index (χ2n) is 8.10. The average Bonchev–Trinajstić information content (AvgIpc) is 3.25. The van der Waals surface area contributed by atoms with E-state index in [2.05, 4.69) is 21.3 Å². The Bertz CT molecular complexity index is 1960. The Balaban J connectivity index is 0.00000210. The molecule has 39 heavy (non-hydrogen) atoms. The second-order valence-corrected chi connectivity index (χ2v) is 11.9. The molecule has 0 fully saturated rings. The van der Waals surface area contributed by atoms with Crippen LogP contribution < -0.4 is 64.2 Å². The first kappa shape index (κ1) is 31.8. The minimum Gasteiger partial charge on any atom is -0.871 e. The summed E-state index contributed by atoms with van der Waals surface area (Å²) in [5.74, 6) is -0.912. The number of nitrogens with zero attached hydrogens (tertiary/aromatic N) is 3. The van der Waals surface area contributed by atoms with Crippen molar-refractivity contribution >= 4 is 63.9 Å². The fourth-order valence-electron chi connectivity index (χ4n) is 3.70. The summed E-state index contributed by atoms with van der Waals surface area (Å²) in [6.07, 6.45) is 0. The predicted molar refractivity (Wildman–Crippen MR) is 135 cm³/mol. The van der Waals surface area contributed by atoms with Crippen molar-refractivity contribution in [2.45, 2.75) is 16.7 Å². The number of fused-ring (bicyclic) bond motifs is 2.